The molecular formula is C33H27N5O7S. The number of sulfonamides is 1. The van der Waals surface area contributed by atoms with Gasteiger partial charge < -0.3 is 24.3 Å². The van der Waals surface area contributed by atoms with Crippen molar-refractivity contribution in [3.8, 4) is 0 Å². The SMILES string of the molecule is NS(=O)(=O)c1ccc(CCNC(=O)OC2Cn3c4ccccc4c4c5c(c6c7ccccc7n(c6c43)CC2O)C(=O)NC5=O)cc1. The van der Waals surface area contributed by atoms with Crippen LogP contribution in [0.4, 0.5) is 4.79 Å². The molecule has 0 bridgehead atoms. The molecule has 2 aromatic heterocycles. The fourth-order valence-corrected chi connectivity index (χ4v) is 7.49. The number of alkyl carbamates (subject to hydrolysis) is 1. The van der Waals surface area contributed by atoms with E-state index in [0.29, 0.717) is 28.3 Å². The van der Waals surface area contributed by atoms with Crippen molar-refractivity contribution in [2.45, 2.75) is 36.6 Å². The van der Waals surface area contributed by atoms with Crippen molar-refractivity contribution in [1.29, 1.82) is 0 Å². The highest BCUT2D eigenvalue weighted by Crippen LogP contribution is 2.45. The Bertz CT molecular complexity index is 2410. The summed E-state index contributed by atoms with van der Waals surface area (Å²) < 4.78 is 32.8. The quantitative estimate of drug-likeness (QED) is 0.210. The predicted molar refractivity (Wildman–Crippen MR) is 170 cm³/mol. The normalized spacial score (nSPS) is 17.9. The smallest absolute Gasteiger partial charge is 0.407 e. The number of hydrogen-bond donors (Lipinski definition) is 4. The number of fused-ring (bicyclic) bond motifs is 9. The maximum absolute atomic E-state index is 13.3. The Morgan fingerprint density at radius 1 is 0.870 bits per heavy atom. The molecule has 2 aliphatic rings. The van der Waals surface area contributed by atoms with Gasteiger partial charge in [0.25, 0.3) is 11.8 Å². The number of benzene rings is 4. The number of nitrogens with zero attached hydrogens (tertiary/aromatic N) is 2. The highest BCUT2D eigenvalue weighted by molar-refractivity contribution is 7.89. The summed E-state index contributed by atoms with van der Waals surface area (Å²) in [6.45, 7) is 0.371. The van der Waals surface area contributed by atoms with Gasteiger partial charge in [-0.2, -0.15) is 0 Å². The number of carbonyl (C=O) groups is 3. The van der Waals surface area contributed by atoms with E-state index >= 15 is 0 Å². The molecule has 12 nitrogen and oxygen atoms in total. The van der Waals surface area contributed by atoms with Gasteiger partial charge in [-0.05, 0) is 36.2 Å². The monoisotopic (exact) mass is 637 g/mol. The second kappa shape index (κ2) is 10.1. The van der Waals surface area contributed by atoms with Crippen LogP contribution in [-0.4, -0.2) is 59.3 Å². The minimum absolute atomic E-state index is 0.0000332. The fourth-order valence-electron chi connectivity index (χ4n) is 6.97. The molecule has 3 amide bonds. The molecule has 0 saturated carbocycles. The van der Waals surface area contributed by atoms with E-state index in [-0.39, 0.29) is 24.5 Å². The number of amides is 3. The van der Waals surface area contributed by atoms with Gasteiger partial charge in [-0.1, -0.05) is 48.5 Å². The van der Waals surface area contributed by atoms with Gasteiger partial charge in [0.05, 0.1) is 40.1 Å². The first-order valence-corrected chi connectivity index (χ1v) is 16.2. The van der Waals surface area contributed by atoms with Crippen LogP contribution in [0.2, 0.25) is 0 Å². The van der Waals surface area contributed by atoms with E-state index in [4.69, 9.17) is 9.88 Å². The minimum Gasteiger partial charge on any atom is -0.441 e. The van der Waals surface area contributed by atoms with Crippen LogP contribution < -0.4 is 15.8 Å². The topological polar surface area (TPSA) is 175 Å². The Hall–Kier alpha value is -5.24. The molecule has 13 heteroatoms. The van der Waals surface area contributed by atoms with E-state index < -0.39 is 40.1 Å². The highest BCUT2D eigenvalue weighted by atomic mass is 32.2. The van der Waals surface area contributed by atoms with Gasteiger partial charge in [-0.25, -0.2) is 18.4 Å². The lowest BCUT2D eigenvalue weighted by molar-refractivity contribution is -0.0122. The molecule has 8 rings (SSSR count). The van der Waals surface area contributed by atoms with Crippen molar-refractivity contribution in [3.63, 3.8) is 0 Å². The average molecular weight is 638 g/mol. The van der Waals surface area contributed by atoms with Crippen molar-refractivity contribution in [2.24, 2.45) is 5.14 Å². The fraction of sp³-hybridized carbons (Fsp3) is 0.182. The summed E-state index contributed by atoms with van der Waals surface area (Å²) in [5, 5.41) is 24.8. The number of carbonyl (C=O) groups excluding carboxylic acids is 3. The molecule has 0 aliphatic carbocycles. The summed E-state index contributed by atoms with van der Waals surface area (Å²) in [7, 11) is -3.80. The van der Waals surface area contributed by atoms with Gasteiger partial charge >= 0.3 is 6.09 Å². The zero-order chi connectivity index (χ0) is 31.9. The third-order valence-electron chi connectivity index (χ3n) is 8.95. The third kappa shape index (κ3) is 4.20. The highest BCUT2D eigenvalue weighted by Gasteiger charge is 2.39. The van der Waals surface area contributed by atoms with Crippen molar-refractivity contribution in [3.05, 3.63) is 89.5 Å². The maximum atomic E-state index is 13.3. The zero-order valence-corrected chi connectivity index (χ0v) is 25.0. The second-order valence-corrected chi connectivity index (χ2v) is 13.2. The Kier molecular flexibility index (Phi) is 6.23. The number of imide groups is 1. The van der Waals surface area contributed by atoms with Crippen LogP contribution in [0, 0.1) is 0 Å². The summed E-state index contributed by atoms with van der Waals surface area (Å²) in [4.78, 5) is 39.7. The summed E-state index contributed by atoms with van der Waals surface area (Å²) in [5.41, 5.74) is 4.42. The molecule has 4 aromatic carbocycles. The number of para-hydroxylation sites is 2. The van der Waals surface area contributed by atoms with E-state index in [1.165, 1.54) is 12.1 Å². The van der Waals surface area contributed by atoms with Gasteiger partial charge in [0.1, 0.15) is 12.2 Å². The molecular weight excluding hydrogens is 610 g/mol. The van der Waals surface area contributed by atoms with E-state index in [0.717, 1.165) is 38.4 Å². The summed E-state index contributed by atoms with van der Waals surface area (Å²) in [5.74, 6) is -0.919. The first-order valence-electron chi connectivity index (χ1n) is 14.7. The lowest BCUT2D eigenvalue weighted by Gasteiger charge is -2.28. The molecule has 0 fully saturated rings. The number of aromatic nitrogens is 2. The molecule has 0 radical (unpaired) electrons. The van der Waals surface area contributed by atoms with E-state index in [1.807, 2.05) is 57.7 Å². The standard InChI is InChI=1S/C33H27N5O7S/c34-46(43,44)18-11-9-17(10-12-18)13-14-35-33(42)45-24-16-38-22-8-4-2-6-20(22)26-28-27(31(40)36-32(28)41)25-19-5-1-3-7-21(19)37(15-23(24)39)29(25)30(26)38/h1-12,23-24,39H,13-16H2,(H,35,42)(H2,34,43,44)(H,36,40,41). The molecule has 0 saturated heterocycles. The van der Waals surface area contributed by atoms with Crippen LogP contribution in [-0.2, 0) is 34.3 Å². The van der Waals surface area contributed by atoms with Crippen LogP contribution in [0.1, 0.15) is 26.3 Å². The molecule has 0 spiro atoms. The predicted octanol–water partition coefficient (Wildman–Crippen LogP) is 3.15. The molecule has 2 atom stereocenters. The second-order valence-electron chi connectivity index (χ2n) is 11.6. The van der Waals surface area contributed by atoms with E-state index in [1.54, 1.807) is 12.1 Å². The van der Waals surface area contributed by atoms with Crippen LogP contribution >= 0.6 is 0 Å². The first-order chi connectivity index (χ1) is 22.1. The van der Waals surface area contributed by atoms with Crippen LogP contribution in [0.25, 0.3) is 43.6 Å². The molecule has 46 heavy (non-hydrogen) atoms. The Labute approximate surface area is 261 Å². The first kappa shape index (κ1) is 28.2. The summed E-state index contributed by atoms with van der Waals surface area (Å²) in [6.07, 6.45) is -2.41. The number of aliphatic hydroxyl groups is 1. The van der Waals surface area contributed by atoms with Crippen molar-refractivity contribution >= 4 is 71.5 Å². The van der Waals surface area contributed by atoms with Crippen LogP contribution in [0.15, 0.2) is 77.7 Å². The van der Waals surface area contributed by atoms with Gasteiger partial charge in [-0.3, -0.25) is 14.9 Å². The van der Waals surface area contributed by atoms with Crippen LogP contribution in [0.3, 0.4) is 0 Å². The number of aliphatic hydroxyl groups excluding tert-OH is 1. The minimum atomic E-state index is -3.80. The molecule has 232 valence electrons. The van der Waals surface area contributed by atoms with E-state index in [2.05, 4.69) is 10.6 Å². The number of nitrogens with two attached hydrogens (primary N) is 1. The molecule has 2 aliphatic heterocycles. The average Bonchev–Trinajstić information content (AvgIpc) is 3.62. The van der Waals surface area contributed by atoms with Crippen molar-refractivity contribution < 1.29 is 32.6 Å². The number of nitrogens with one attached hydrogen (secondary N) is 2. The largest absolute Gasteiger partial charge is 0.441 e. The molecule has 2 unspecified atom stereocenters. The molecule has 5 N–H and O–H groups in total. The number of primary sulfonamides is 1. The van der Waals surface area contributed by atoms with Gasteiger partial charge in [0.15, 0.2) is 0 Å². The number of hydrogen-bond acceptors (Lipinski definition) is 7. The lowest BCUT2D eigenvalue weighted by atomic mass is 9.96. The molecule has 4 heterocycles. The van der Waals surface area contributed by atoms with Crippen molar-refractivity contribution in [2.75, 3.05) is 6.54 Å². The van der Waals surface area contributed by atoms with Gasteiger partial charge in [0, 0.05) is 39.1 Å². The zero-order valence-electron chi connectivity index (χ0n) is 24.2. The molecule has 6 aromatic rings. The maximum Gasteiger partial charge on any atom is 0.407 e. The van der Waals surface area contributed by atoms with Gasteiger partial charge in [-0.15, -0.1) is 0 Å². The van der Waals surface area contributed by atoms with Crippen LogP contribution in [0.5, 0.6) is 0 Å². The van der Waals surface area contributed by atoms with Crippen molar-refractivity contribution in [1.82, 2.24) is 19.8 Å². The Balaban J connectivity index is 1.19. The number of ether oxygens (including phenoxy) is 1. The number of rotatable bonds is 5. The third-order valence-corrected chi connectivity index (χ3v) is 9.88. The lowest BCUT2D eigenvalue weighted by Crippen LogP contribution is -2.41. The Morgan fingerprint density at radius 2 is 1.41 bits per heavy atom. The summed E-state index contributed by atoms with van der Waals surface area (Å²) in [6, 6.07) is 21.1. The van der Waals surface area contributed by atoms with Gasteiger partial charge in [0.2, 0.25) is 10.0 Å². The van der Waals surface area contributed by atoms with E-state index in [9.17, 15) is 27.9 Å². The summed E-state index contributed by atoms with van der Waals surface area (Å²) >= 11 is 0. The Morgan fingerprint density at radius 3 is 1.98 bits per heavy atom.